The number of aliphatic hydroxyl groups excluding tert-OH is 1. The molecule has 0 spiro atoms. The Balaban J connectivity index is 0.000000176. The van der Waals surface area contributed by atoms with Crippen molar-refractivity contribution >= 4 is 87.0 Å². The second-order valence-corrected chi connectivity index (χ2v) is 31.0. The van der Waals surface area contributed by atoms with Crippen LogP contribution in [0.2, 0.25) is 0 Å². The highest BCUT2D eigenvalue weighted by atomic mass is 32.2. The van der Waals surface area contributed by atoms with Crippen molar-refractivity contribution in [3.05, 3.63) is 231 Å². The van der Waals surface area contributed by atoms with E-state index < -0.39 is 40.4 Å². The van der Waals surface area contributed by atoms with Crippen molar-refractivity contribution in [3.63, 3.8) is 0 Å². The molecule has 0 fully saturated rings. The van der Waals surface area contributed by atoms with Crippen LogP contribution in [0.3, 0.4) is 0 Å². The molecule has 3 amide bonds. The predicted octanol–water partition coefficient (Wildman–Crippen LogP) is 10.7. The average Bonchev–Trinajstić information content (AvgIpc) is 1.72. The normalized spacial score (nSPS) is 13.3. The number of hydrogen-bond acceptors (Lipinski definition) is 20. The number of nitrogens with two attached hydrogens (primary N) is 3. The molecule has 9 aromatic carbocycles. The molecule has 3 aliphatic rings. The lowest BCUT2D eigenvalue weighted by atomic mass is 10.0. The second kappa shape index (κ2) is 33.2. The van der Waals surface area contributed by atoms with Crippen molar-refractivity contribution in [2.75, 3.05) is 82.5 Å². The number of nitro benzene ring substituents is 1. The molecule has 0 unspecified atom stereocenters. The summed E-state index contributed by atoms with van der Waals surface area (Å²) in [5, 5.41) is 25.7. The number of amides is 3. The van der Waals surface area contributed by atoms with E-state index in [1.165, 1.54) is 60.7 Å². The molecule has 10 aromatic rings. The summed E-state index contributed by atoms with van der Waals surface area (Å²) in [5.74, 6) is 1.99. The van der Waals surface area contributed by atoms with Gasteiger partial charge in [0.1, 0.15) is 48.6 Å². The molecule has 0 atom stereocenters. The van der Waals surface area contributed by atoms with E-state index >= 15 is 0 Å². The molecular formula is C76H79N9O17S3. The van der Waals surface area contributed by atoms with Crippen molar-refractivity contribution in [1.82, 2.24) is 24.7 Å². The zero-order valence-electron chi connectivity index (χ0n) is 58.5. The van der Waals surface area contributed by atoms with E-state index in [1.807, 2.05) is 54.6 Å². The highest BCUT2D eigenvalue weighted by molar-refractivity contribution is 7.91. The monoisotopic (exact) mass is 1490 g/mol. The van der Waals surface area contributed by atoms with Crippen LogP contribution in [0, 0.1) is 10.1 Å². The highest BCUT2D eigenvalue weighted by Gasteiger charge is 2.27. The largest absolute Gasteiger partial charge is 0.491 e. The Morgan fingerprint density at radius 2 is 0.790 bits per heavy atom. The molecule has 4 heterocycles. The number of anilines is 3. The summed E-state index contributed by atoms with van der Waals surface area (Å²) in [6, 6.07) is 51.4. The summed E-state index contributed by atoms with van der Waals surface area (Å²) in [4.78, 5) is 72.7. The standard InChI is InChI=1S/C27H27N3O4S.C23H21N3O6S.C23H23N3O4S.C2H4O2.CH4O/c1-17(2)26-28-23-10-6-20(15-24(23)29-26)19-7-11-25-21(14-19)16-30(12-13-34-25)27(31)18-4-8-22(9-5-18)35(3,32)33;1-33(30,31)19-6-2-15(3-7-19)23(27)25-10-11-32-22-9-5-16(12-18(22)14-25)17-4-8-20(24)21(13-17)26(28)29;1-31(28,29)19-6-2-15(3-7-19)23(27)26-10-11-30-22-9-5-16(12-18(22)14-26)17-4-8-20(24)21(25)13-17;1-2(3)4;1-2/h4-11,14-15,17H,12-13,16H2,1-3H3,(H,28,29);2-9,12-13H,10-11,14,24H2,1H3;2-9,12-13H,10-11,14,24-25H2,1H3;1H3,(H,3,4);2H,1H3. The molecule has 0 saturated carbocycles. The molecule has 3 aliphatic heterocycles. The van der Waals surface area contributed by atoms with Gasteiger partial charge in [0.15, 0.2) is 29.5 Å². The molecule has 0 aliphatic carbocycles. The van der Waals surface area contributed by atoms with Gasteiger partial charge in [0, 0.05) is 97.8 Å². The first-order valence-electron chi connectivity index (χ1n) is 32.7. The summed E-state index contributed by atoms with van der Waals surface area (Å²) >= 11 is 0. The number of carbonyl (C=O) groups is 4. The Morgan fingerprint density at radius 1 is 0.476 bits per heavy atom. The zero-order valence-corrected chi connectivity index (χ0v) is 60.9. The van der Waals surface area contributed by atoms with Crippen molar-refractivity contribution < 1.29 is 73.8 Å². The molecule has 105 heavy (non-hydrogen) atoms. The number of sulfone groups is 3. The zero-order chi connectivity index (χ0) is 76.2. The van der Waals surface area contributed by atoms with Gasteiger partial charge < -0.3 is 61.3 Å². The molecule has 0 radical (unpaired) electrons. The lowest BCUT2D eigenvalue weighted by Crippen LogP contribution is -2.32. The van der Waals surface area contributed by atoms with Gasteiger partial charge in [-0.25, -0.2) is 30.2 Å². The van der Waals surface area contributed by atoms with Crippen molar-refractivity contribution in [1.29, 1.82) is 0 Å². The van der Waals surface area contributed by atoms with E-state index in [0.29, 0.717) is 97.8 Å². The minimum atomic E-state index is -3.35. The lowest BCUT2D eigenvalue weighted by Gasteiger charge is -2.20. The summed E-state index contributed by atoms with van der Waals surface area (Å²) < 4.78 is 87.7. The SMILES string of the molecule is CC(=O)O.CC(C)c1nc2ccc(-c3ccc4c(c3)CN(C(=O)c3ccc(S(C)(=O)=O)cc3)CCO4)cc2[nH]1.CO.CS(=O)(=O)c1ccc(C(=O)N2CCOc3ccc(-c4ccc(N)c(N)c4)cc3C2)cc1.CS(=O)(=O)c1ccc(C(=O)N2CCOc3ccc(-c4ccc(N)c([N+](=O)[O-])c4)cc3C2)cc1. The number of imidazole rings is 1. The smallest absolute Gasteiger partial charge is 0.300 e. The van der Waals surface area contributed by atoms with Gasteiger partial charge in [0.2, 0.25) is 0 Å². The van der Waals surface area contributed by atoms with Crippen molar-refractivity contribution in [3.8, 4) is 50.6 Å². The fourth-order valence-corrected chi connectivity index (χ4v) is 13.3. The molecule has 0 bridgehead atoms. The molecule has 9 N–H and O–H groups in total. The Bertz CT molecular complexity index is 5260. The second-order valence-electron chi connectivity index (χ2n) is 25.0. The van der Waals surface area contributed by atoms with E-state index in [0.717, 1.165) is 106 Å². The van der Waals surface area contributed by atoms with E-state index in [9.17, 15) is 49.8 Å². The van der Waals surface area contributed by atoms with E-state index in [4.69, 9.17) is 46.4 Å². The first-order valence-corrected chi connectivity index (χ1v) is 38.3. The number of nitrogens with one attached hydrogen (secondary N) is 1. The van der Waals surface area contributed by atoms with Crippen LogP contribution < -0.4 is 31.4 Å². The number of nitrogens with zero attached hydrogens (tertiary/aromatic N) is 5. The Labute approximate surface area is 607 Å². The van der Waals surface area contributed by atoms with Crippen LogP contribution in [0.1, 0.15) is 80.3 Å². The number of fused-ring (bicyclic) bond motifs is 4. The predicted molar refractivity (Wildman–Crippen MR) is 400 cm³/mol. The van der Waals surface area contributed by atoms with E-state index in [1.54, 1.807) is 63.2 Å². The van der Waals surface area contributed by atoms with Crippen LogP contribution in [-0.4, -0.2) is 154 Å². The minimum absolute atomic E-state index is 0.0838. The fourth-order valence-electron chi connectivity index (χ4n) is 11.4. The van der Waals surface area contributed by atoms with Gasteiger partial charge >= 0.3 is 0 Å². The lowest BCUT2D eigenvalue weighted by molar-refractivity contribution is -0.383. The van der Waals surface area contributed by atoms with Gasteiger partial charge in [-0.15, -0.1) is 0 Å². The summed E-state index contributed by atoms with van der Waals surface area (Å²) in [5.41, 5.74) is 29.5. The summed E-state index contributed by atoms with van der Waals surface area (Å²) in [6.45, 7) is 8.62. The number of nitrogen functional groups attached to an aromatic ring is 3. The number of aromatic nitrogens is 2. The maximum Gasteiger partial charge on any atom is 0.300 e. The molecular weight excluding hydrogens is 1410 g/mol. The first kappa shape index (κ1) is 77.5. The maximum atomic E-state index is 13.2. The topological polar surface area (TPSA) is 398 Å². The van der Waals surface area contributed by atoms with Crippen LogP contribution in [0.5, 0.6) is 17.2 Å². The van der Waals surface area contributed by atoms with Crippen LogP contribution in [-0.2, 0) is 53.9 Å². The number of nitro groups is 1. The number of carbonyl (C=O) groups excluding carboxylic acids is 3. The number of carboxylic acid groups (broad SMARTS) is 1. The fraction of sp³-hybridized carbons (Fsp3) is 0.224. The molecule has 29 heteroatoms. The van der Waals surface area contributed by atoms with Crippen molar-refractivity contribution in [2.24, 2.45) is 0 Å². The number of benzene rings is 9. The third-order valence-electron chi connectivity index (χ3n) is 16.9. The van der Waals surface area contributed by atoms with Gasteiger partial charge in [0.05, 0.1) is 61.7 Å². The third kappa shape index (κ3) is 19.5. The number of aliphatic hydroxyl groups is 1. The Kier molecular flexibility index (Phi) is 24.5. The van der Waals surface area contributed by atoms with Crippen LogP contribution in [0.25, 0.3) is 44.4 Å². The highest BCUT2D eigenvalue weighted by Crippen LogP contribution is 2.36. The quantitative estimate of drug-likeness (QED) is 0.0398. The third-order valence-corrected chi connectivity index (χ3v) is 20.3. The number of hydrogen-bond donors (Lipinski definition) is 6. The number of rotatable bonds is 11. The van der Waals surface area contributed by atoms with Crippen LogP contribution >= 0.6 is 0 Å². The first-order chi connectivity index (χ1) is 49.8. The number of carboxylic acids is 1. The molecule has 1 aromatic heterocycles. The number of ether oxygens (including phenoxy) is 3. The van der Waals surface area contributed by atoms with E-state index in [2.05, 4.69) is 42.0 Å². The number of aromatic amines is 1. The van der Waals surface area contributed by atoms with Gasteiger partial charge in [0.25, 0.3) is 29.4 Å². The average molecular weight is 1490 g/mol. The number of aliphatic carboxylic acids is 1. The molecule has 26 nitrogen and oxygen atoms in total. The van der Waals surface area contributed by atoms with Gasteiger partial charge in [-0.3, -0.25) is 29.3 Å². The van der Waals surface area contributed by atoms with Gasteiger partial charge in [-0.1, -0.05) is 50.2 Å². The maximum absolute atomic E-state index is 13.2. The van der Waals surface area contributed by atoms with Crippen LogP contribution in [0.4, 0.5) is 22.7 Å². The number of H-pyrrole nitrogens is 1. The minimum Gasteiger partial charge on any atom is -0.491 e. The molecule has 13 rings (SSSR count). The van der Waals surface area contributed by atoms with Gasteiger partial charge in [-0.2, -0.15) is 0 Å². The Morgan fingerprint density at radius 3 is 1.12 bits per heavy atom. The van der Waals surface area contributed by atoms with E-state index in [-0.39, 0.29) is 50.3 Å². The Hall–Kier alpha value is -11.7. The summed E-state index contributed by atoms with van der Waals surface area (Å²) in [7, 11) is -8.98. The van der Waals surface area contributed by atoms with Crippen molar-refractivity contribution in [2.45, 2.75) is 61.0 Å². The van der Waals surface area contributed by atoms with Gasteiger partial charge in [-0.05, 0) is 173 Å². The molecule has 548 valence electrons. The van der Waals surface area contributed by atoms with Crippen LogP contribution in [0.15, 0.2) is 197 Å². The molecule has 0 saturated heterocycles. The summed E-state index contributed by atoms with van der Waals surface area (Å²) in [6.07, 6.45) is 3.40.